The van der Waals surface area contributed by atoms with Gasteiger partial charge in [-0.15, -0.1) is 0 Å². The van der Waals surface area contributed by atoms with Gasteiger partial charge in [-0.25, -0.2) is 0 Å². The van der Waals surface area contributed by atoms with Gasteiger partial charge in [-0.3, -0.25) is 9.97 Å². The van der Waals surface area contributed by atoms with E-state index in [1.165, 1.54) is 27.7 Å². The first-order valence-electron chi connectivity index (χ1n) is 15.6. The molecule has 0 fully saturated rings. The van der Waals surface area contributed by atoms with Gasteiger partial charge in [0.2, 0.25) is 0 Å². The number of fused-ring (bicyclic) bond motifs is 5. The molecule has 276 valence electrons. The molecule has 0 aliphatic carbocycles. The largest absolute Gasteiger partial charge is 0.362 e. The first kappa shape index (κ1) is 44.6. The normalized spacial score (nSPS) is 10.2. The highest BCUT2D eigenvalue weighted by atomic mass is 16.5. The van der Waals surface area contributed by atoms with E-state index in [4.69, 9.17) is 4.74 Å². The molecule has 10 rings (SSSR count). The quantitative estimate of drug-likeness (QED) is 0.163. The molecule has 0 unspecified atom stereocenters. The van der Waals surface area contributed by atoms with Gasteiger partial charge >= 0.3 is 0 Å². The first-order chi connectivity index (χ1) is 23.8. The third-order valence-corrected chi connectivity index (χ3v) is 7.34. The SMILES string of the molecule is C.C.C.C.C.c1ccc2[nH]ccc2c1.c1ccc2c(c1)COCN2.c1ccc2nccnc2c1.c1ccc2nnccc2c1.c1ccn2cccc2c1. The number of aromatic amines is 1. The third-order valence-electron chi connectivity index (χ3n) is 7.34. The predicted molar refractivity (Wildman–Crippen MR) is 228 cm³/mol. The molecule has 1 aliphatic rings. The van der Waals surface area contributed by atoms with Crippen molar-refractivity contribution in [3.63, 3.8) is 0 Å². The Kier molecular flexibility index (Phi) is 20.1. The maximum Gasteiger partial charge on any atom is 0.116 e. The monoisotopic (exact) mass is 709 g/mol. The number of hydrogen-bond donors (Lipinski definition) is 2. The Labute approximate surface area is 315 Å². The number of aromatic nitrogens is 6. The fourth-order valence-electron chi connectivity index (χ4n) is 4.92. The van der Waals surface area contributed by atoms with Crippen LogP contribution in [0.1, 0.15) is 42.7 Å². The van der Waals surface area contributed by atoms with Gasteiger partial charge in [0.1, 0.15) is 6.73 Å². The average Bonchev–Trinajstić information content (AvgIpc) is 3.87. The van der Waals surface area contributed by atoms with Crippen molar-refractivity contribution in [1.29, 1.82) is 0 Å². The molecule has 9 aromatic rings. The van der Waals surface area contributed by atoms with Gasteiger partial charge in [-0.2, -0.15) is 10.2 Å². The van der Waals surface area contributed by atoms with Crippen molar-refractivity contribution in [1.82, 2.24) is 29.5 Å². The van der Waals surface area contributed by atoms with Crippen molar-refractivity contribution < 1.29 is 4.74 Å². The molecule has 0 radical (unpaired) electrons. The summed E-state index contributed by atoms with van der Waals surface area (Å²) in [6.45, 7) is 1.38. The molecule has 5 aromatic heterocycles. The molecule has 8 heteroatoms. The Morgan fingerprint density at radius 1 is 0.528 bits per heavy atom. The van der Waals surface area contributed by atoms with Crippen molar-refractivity contribution in [3.05, 3.63) is 182 Å². The fourth-order valence-corrected chi connectivity index (χ4v) is 4.92. The van der Waals surface area contributed by atoms with Crippen LogP contribution in [0.25, 0.3) is 38.4 Å². The number of para-hydroxylation sites is 4. The Morgan fingerprint density at radius 2 is 1.13 bits per heavy atom. The van der Waals surface area contributed by atoms with E-state index >= 15 is 0 Å². The van der Waals surface area contributed by atoms with Crippen LogP contribution in [0.5, 0.6) is 0 Å². The summed E-state index contributed by atoms with van der Waals surface area (Å²) in [6, 6.07) is 46.4. The van der Waals surface area contributed by atoms with Crippen LogP contribution in [-0.4, -0.2) is 36.3 Å². The standard InChI is InChI=1S/2C8H6N2.C8H9NO.2C8H7N.5CH4/c1-2-4-8-7(3-1)9-5-6-10-8;1-2-4-8-7(3-1)5-6-9-10-8;1-2-4-8-7(3-1)5-10-6-9-8;1-2-6-9-7-3-5-8(9)4-1;1-2-4-8-7(3-1)5-6-9-8;;;;;/h2*1-6H;1-4,9H,5-6H2;1-7H;1-6,9H;5*1H4. The highest BCUT2D eigenvalue weighted by molar-refractivity contribution is 5.79. The molecule has 4 aromatic carbocycles. The Morgan fingerprint density at radius 3 is 1.83 bits per heavy atom. The highest BCUT2D eigenvalue weighted by Crippen LogP contribution is 2.18. The van der Waals surface area contributed by atoms with Gasteiger partial charge in [0.25, 0.3) is 0 Å². The van der Waals surface area contributed by atoms with E-state index in [-0.39, 0.29) is 37.1 Å². The summed E-state index contributed by atoms with van der Waals surface area (Å²) in [6.07, 6.45) is 11.1. The third kappa shape index (κ3) is 13.0. The van der Waals surface area contributed by atoms with Crippen LogP contribution in [-0.2, 0) is 11.3 Å². The summed E-state index contributed by atoms with van der Waals surface area (Å²) in [5.41, 5.74) is 7.75. The van der Waals surface area contributed by atoms with Crippen molar-refractivity contribution >= 4 is 44.0 Å². The van der Waals surface area contributed by atoms with Crippen LogP contribution in [0.15, 0.2) is 177 Å². The van der Waals surface area contributed by atoms with Crippen LogP contribution >= 0.6 is 0 Å². The van der Waals surface area contributed by atoms with E-state index < -0.39 is 0 Å². The van der Waals surface area contributed by atoms with Gasteiger partial charge in [0, 0.05) is 58.7 Å². The number of nitrogens with zero attached hydrogens (tertiary/aromatic N) is 5. The number of rotatable bonds is 0. The van der Waals surface area contributed by atoms with Gasteiger partial charge < -0.3 is 19.4 Å². The second-order valence-corrected chi connectivity index (χ2v) is 10.6. The van der Waals surface area contributed by atoms with E-state index in [0.717, 1.165) is 28.5 Å². The van der Waals surface area contributed by atoms with Crippen molar-refractivity contribution in [2.24, 2.45) is 0 Å². The topological polar surface area (TPSA) is 93.0 Å². The lowest BCUT2D eigenvalue weighted by Crippen LogP contribution is -2.13. The van der Waals surface area contributed by atoms with Gasteiger partial charge in [-0.1, -0.05) is 110 Å². The molecule has 8 nitrogen and oxygen atoms in total. The first-order valence-corrected chi connectivity index (χ1v) is 15.6. The lowest BCUT2D eigenvalue weighted by molar-refractivity contribution is 0.130. The minimum Gasteiger partial charge on any atom is -0.362 e. The summed E-state index contributed by atoms with van der Waals surface area (Å²) in [5.74, 6) is 0. The summed E-state index contributed by atoms with van der Waals surface area (Å²) in [7, 11) is 0. The van der Waals surface area contributed by atoms with Crippen LogP contribution in [0.2, 0.25) is 0 Å². The lowest BCUT2D eigenvalue weighted by Gasteiger charge is -2.17. The van der Waals surface area contributed by atoms with E-state index in [1.807, 2.05) is 116 Å². The molecular formula is C45H55N7O. The van der Waals surface area contributed by atoms with Crippen molar-refractivity contribution in [3.8, 4) is 0 Å². The summed E-state index contributed by atoms with van der Waals surface area (Å²) >= 11 is 0. The minimum absolute atomic E-state index is 0. The van der Waals surface area contributed by atoms with E-state index in [2.05, 4.69) is 77.3 Å². The zero-order valence-electron chi connectivity index (χ0n) is 26.3. The molecule has 0 saturated heterocycles. The van der Waals surface area contributed by atoms with E-state index in [9.17, 15) is 0 Å². The van der Waals surface area contributed by atoms with Gasteiger partial charge in [-0.05, 0) is 72.1 Å². The molecule has 6 heterocycles. The minimum atomic E-state index is 0. The molecule has 1 aliphatic heterocycles. The molecular weight excluding hydrogens is 655 g/mol. The average molecular weight is 710 g/mol. The van der Waals surface area contributed by atoms with E-state index in [1.54, 1.807) is 18.6 Å². The molecule has 0 saturated carbocycles. The fraction of sp³-hybridized carbons (Fsp3) is 0.156. The second-order valence-electron chi connectivity index (χ2n) is 10.6. The van der Waals surface area contributed by atoms with Gasteiger partial charge in [0.05, 0.1) is 29.4 Å². The maximum absolute atomic E-state index is 5.18. The maximum atomic E-state index is 5.18. The number of hydrogen-bond acceptors (Lipinski definition) is 6. The van der Waals surface area contributed by atoms with E-state index in [0.29, 0.717) is 6.73 Å². The number of nitrogens with one attached hydrogen (secondary N) is 2. The van der Waals surface area contributed by atoms with Crippen LogP contribution < -0.4 is 5.32 Å². The Hall–Kier alpha value is -6.38. The number of H-pyrrole nitrogens is 1. The summed E-state index contributed by atoms with van der Waals surface area (Å²) in [5, 5.41) is 13.2. The van der Waals surface area contributed by atoms with Crippen LogP contribution in [0.3, 0.4) is 0 Å². The lowest BCUT2D eigenvalue weighted by atomic mass is 10.2. The number of benzene rings is 4. The molecule has 0 spiro atoms. The molecule has 2 N–H and O–H groups in total. The highest BCUT2D eigenvalue weighted by Gasteiger charge is 2.05. The zero-order chi connectivity index (χ0) is 32.6. The molecule has 53 heavy (non-hydrogen) atoms. The van der Waals surface area contributed by atoms with Crippen molar-refractivity contribution in [2.45, 2.75) is 43.7 Å². The second kappa shape index (κ2) is 23.9. The molecule has 0 amide bonds. The number of ether oxygens (including phenoxy) is 1. The molecule has 0 bridgehead atoms. The summed E-state index contributed by atoms with van der Waals surface area (Å²) in [4.78, 5) is 11.4. The Balaban J connectivity index is 0.000000324. The van der Waals surface area contributed by atoms with Crippen molar-refractivity contribution in [2.75, 3.05) is 12.0 Å². The smallest absolute Gasteiger partial charge is 0.116 e. The van der Waals surface area contributed by atoms with Crippen LogP contribution in [0, 0.1) is 0 Å². The predicted octanol–water partition coefficient (Wildman–Crippen LogP) is 12.1. The number of anilines is 1. The van der Waals surface area contributed by atoms with Gasteiger partial charge in [0.15, 0.2) is 0 Å². The Bertz CT molecular complexity index is 1940. The zero-order valence-corrected chi connectivity index (χ0v) is 26.3. The van der Waals surface area contributed by atoms with Crippen LogP contribution in [0.4, 0.5) is 5.69 Å². The molecule has 0 atom stereocenters. The number of pyridine rings is 1. The summed E-state index contributed by atoms with van der Waals surface area (Å²) < 4.78 is 7.27.